The third-order valence-electron chi connectivity index (χ3n) is 12.7. The molecule has 3 aromatic heterocycles. The summed E-state index contributed by atoms with van der Waals surface area (Å²) in [5.74, 6) is 3.52. The summed E-state index contributed by atoms with van der Waals surface area (Å²) in [5, 5.41) is 5.36. The van der Waals surface area contributed by atoms with Gasteiger partial charge in [0.2, 0.25) is 5.95 Å². The second-order valence-electron chi connectivity index (χ2n) is 16.2. The van der Waals surface area contributed by atoms with Gasteiger partial charge in [-0.25, -0.2) is 9.97 Å². The third-order valence-corrected chi connectivity index (χ3v) is 12.7. The van der Waals surface area contributed by atoms with Gasteiger partial charge in [-0.05, 0) is 83.9 Å². The molecule has 0 saturated heterocycles. The van der Waals surface area contributed by atoms with Crippen LogP contribution in [0.3, 0.4) is 0 Å². The first-order chi connectivity index (χ1) is 31.2. The van der Waals surface area contributed by atoms with Crippen LogP contribution >= 0.6 is 0 Å². The number of rotatable bonds is 4. The van der Waals surface area contributed by atoms with E-state index in [1.54, 1.807) is 0 Å². The number of ether oxygens (including phenoxy) is 2. The van der Waals surface area contributed by atoms with E-state index in [1.807, 2.05) is 42.5 Å². The summed E-state index contributed by atoms with van der Waals surface area (Å²) in [4.78, 5) is 13.0. The zero-order valence-corrected chi connectivity index (χ0v) is 33.6. The van der Waals surface area contributed by atoms with Crippen molar-refractivity contribution in [3.05, 3.63) is 200 Å². The summed E-state index contributed by atoms with van der Waals surface area (Å²) in [6, 6.07) is 70.0. The lowest BCUT2D eigenvalue weighted by Gasteiger charge is -2.38. The third kappa shape index (κ3) is 4.90. The summed E-state index contributed by atoms with van der Waals surface area (Å²) < 4.78 is 18.4. The first-order valence-corrected chi connectivity index (χ1v) is 21.2. The quantitative estimate of drug-likeness (QED) is 0.177. The molecule has 0 radical (unpaired) electrons. The molecule has 12 aromatic rings. The SMILES string of the molecule is c1ccc(-c2nc(-n3c4ccc(-c5ccc6c(c5)c5ccccc5n6-c5ccccc5)cc4c4c5c6c(cc43)Oc3ccccc3N6c3ccccc3O5)nc3ccccc23)cc1. The van der Waals surface area contributed by atoms with Gasteiger partial charge in [0.25, 0.3) is 0 Å². The molecule has 0 unspecified atom stereocenters. The summed E-state index contributed by atoms with van der Waals surface area (Å²) in [6.07, 6.45) is 0. The molecule has 0 amide bonds. The smallest absolute Gasteiger partial charge is 0.235 e. The van der Waals surface area contributed by atoms with E-state index in [0.717, 1.165) is 101 Å². The molecule has 294 valence electrons. The van der Waals surface area contributed by atoms with Gasteiger partial charge in [-0.3, -0.25) is 9.47 Å². The normalized spacial score (nSPS) is 12.7. The van der Waals surface area contributed by atoms with Gasteiger partial charge >= 0.3 is 0 Å². The van der Waals surface area contributed by atoms with Crippen LogP contribution in [0.5, 0.6) is 23.0 Å². The van der Waals surface area contributed by atoms with E-state index in [1.165, 1.54) is 16.3 Å². The van der Waals surface area contributed by atoms with E-state index < -0.39 is 0 Å². The topological polar surface area (TPSA) is 57.3 Å². The van der Waals surface area contributed by atoms with Crippen molar-refractivity contribution < 1.29 is 9.47 Å². The Kier molecular flexibility index (Phi) is 6.98. The molecule has 7 nitrogen and oxygen atoms in total. The predicted octanol–water partition coefficient (Wildman–Crippen LogP) is 14.8. The van der Waals surface area contributed by atoms with Gasteiger partial charge in [-0.1, -0.05) is 121 Å². The van der Waals surface area contributed by atoms with Crippen LogP contribution in [0.15, 0.2) is 200 Å². The van der Waals surface area contributed by atoms with Crippen LogP contribution in [0, 0.1) is 0 Å². The molecule has 0 bridgehead atoms. The minimum absolute atomic E-state index is 0.562. The number of anilines is 3. The number of aromatic nitrogens is 4. The van der Waals surface area contributed by atoms with Crippen LogP contribution in [-0.2, 0) is 0 Å². The molecule has 0 N–H and O–H groups in total. The molecule has 0 aliphatic carbocycles. The zero-order valence-electron chi connectivity index (χ0n) is 33.6. The van der Waals surface area contributed by atoms with Gasteiger partial charge < -0.3 is 14.0 Å². The molecule has 2 aliphatic heterocycles. The number of hydrogen-bond donors (Lipinski definition) is 0. The first-order valence-electron chi connectivity index (χ1n) is 21.2. The maximum Gasteiger partial charge on any atom is 0.235 e. The molecule has 0 saturated carbocycles. The Morgan fingerprint density at radius 1 is 0.381 bits per heavy atom. The Hall–Kier alpha value is -8.68. The average Bonchev–Trinajstić information content (AvgIpc) is 3.86. The number of nitrogens with zero attached hydrogens (tertiary/aromatic N) is 5. The minimum atomic E-state index is 0.562. The Bertz CT molecular complexity index is 3860. The average molecular weight is 808 g/mol. The second-order valence-corrected chi connectivity index (χ2v) is 16.2. The Morgan fingerprint density at radius 2 is 0.984 bits per heavy atom. The number of para-hydroxylation sites is 7. The highest BCUT2D eigenvalue weighted by atomic mass is 16.5. The molecule has 14 rings (SSSR count). The number of benzene rings is 9. The van der Waals surface area contributed by atoms with E-state index in [4.69, 9.17) is 19.4 Å². The molecule has 0 fully saturated rings. The molecule has 7 heteroatoms. The van der Waals surface area contributed by atoms with Gasteiger partial charge in [0.15, 0.2) is 23.0 Å². The molecule has 0 spiro atoms. The predicted molar refractivity (Wildman–Crippen MR) is 254 cm³/mol. The van der Waals surface area contributed by atoms with E-state index in [2.05, 4.69) is 172 Å². The fourth-order valence-corrected chi connectivity index (χ4v) is 9.94. The lowest BCUT2D eigenvalue weighted by molar-refractivity contribution is 0.450. The van der Waals surface area contributed by atoms with Gasteiger partial charge in [-0.15, -0.1) is 0 Å². The largest absolute Gasteiger partial charge is 0.453 e. The van der Waals surface area contributed by atoms with E-state index in [-0.39, 0.29) is 0 Å². The number of hydrogen-bond acceptors (Lipinski definition) is 5. The highest BCUT2D eigenvalue weighted by Gasteiger charge is 2.37. The summed E-state index contributed by atoms with van der Waals surface area (Å²) >= 11 is 0. The van der Waals surface area contributed by atoms with Crippen LogP contribution in [-0.4, -0.2) is 19.1 Å². The van der Waals surface area contributed by atoms with Gasteiger partial charge in [0.1, 0.15) is 5.69 Å². The van der Waals surface area contributed by atoms with Crippen LogP contribution in [0.1, 0.15) is 0 Å². The molecule has 0 atom stereocenters. The molecule has 5 heterocycles. The highest BCUT2D eigenvalue weighted by Crippen LogP contribution is 2.62. The molecule has 63 heavy (non-hydrogen) atoms. The van der Waals surface area contributed by atoms with Crippen molar-refractivity contribution in [2.24, 2.45) is 0 Å². The van der Waals surface area contributed by atoms with Gasteiger partial charge in [0, 0.05) is 38.9 Å². The zero-order chi connectivity index (χ0) is 41.2. The fraction of sp³-hybridized carbons (Fsp3) is 0. The summed E-state index contributed by atoms with van der Waals surface area (Å²) in [6.45, 7) is 0. The lowest BCUT2D eigenvalue weighted by atomic mass is 9.99. The fourth-order valence-electron chi connectivity index (χ4n) is 9.94. The van der Waals surface area contributed by atoms with Crippen molar-refractivity contribution in [1.82, 2.24) is 19.1 Å². The molecular weight excluding hydrogens is 775 g/mol. The Balaban J connectivity index is 1.07. The van der Waals surface area contributed by atoms with E-state index in [0.29, 0.717) is 11.7 Å². The maximum absolute atomic E-state index is 7.09. The van der Waals surface area contributed by atoms with Crippen molar-refractivity contribution in [3.8, 4) is 57.0 Å². The standard InChI is InChI=1S/C56H33N5O2/c1-3-15-34(16-4-1)53-39-20-7-9-21-42(39)57-56(58-53)61-45-30-28-36(35-27-29-44-40(31-35)38-19-8-10-22-43(38)59(44)37-17-5-2-6-18-37)32-41(45)52-48(61)33-51-54-55(52)63-50-26-14-12-24-47(50)60(54)46-23-11-13-25-49(46)62-51/h1-33H. The van der Waals surface area contributed by atoms with E-state index in [9.17, 15) is 0 Å². The Morgan fingerprint density at radius 3 is 1.76 bits per heavy atom. The van der Waals surface area contributed by atoms with Gasteiger partial charge in [-0.2, -0.15) is 0 Å². The second kappa shape index (κ2) is 12.9. The first kappa shape index (κ1) is 34.1. The van der Waals surface area contributed by atoms with Crippen molar-refractivity contribution in [3.63, 3.8) is 0 Å². The van der Waals surface area contributed by atoms with Crippen LogP contribution in [0.2, 0.25) is 0 Å². The summed E-state index contributed by atoms with van der Waals surface area (Å²) in [5.41, 5.74) is 13.0. The van der Waals surface area contributed by atoms with Crippen LogP contribution in [0.25, 0.3) is 88.5 Å². The van der Waals surface area contributed by atoms with Crippen molar-refractivity contribution >= 4 is 71.6 Å². The van der Waals surface area contributed by atoms with Gasteiger partial charge in [0.05, 0.1) is 50.0 Å². The van der Waals surface area contributed by atoms with Crippen molar-refractivity contribution in [2.75, 3.05) is 4.90 Å². The number of fused-ring (bicyclic) bond motifs is 12. The Labute approximate surface area is 360 Å². The van der Waals surface area contributed by atoms with Crippen LogP contribution < -0.4 is 14.4 Å². The van der Waals surface area contributed by atoms with E-state index >= 15 is 0 Å². The highest BCUT2D eigenvalue weighted by molar-refractivity contribution is 6.18. The minimum Gasteiger partial charge on any atom is -0.453 e. The summed E-state index contributed by atoms with van der Waals surface area (Å²) in [7, 11) is 0. The molecular formula is C56H33N5O2. The molecule has 9 aromatic carbocycles. The lowest BCUT2D eigenvalue weighted by Crippen LogP contribution is -2.20. The maximum atomic E-state index is 7.09. The van der Waals surface area contributed by atoms with Crippen molar-refractivity contribution in [2.45, 2.75) is 0 Å². The monoisotopic (exact) mass is 807 g/mol. The van der Waals surface area contributed by atoms with Crippen molar-refractivity contribution in [1.29, 1.82) is 0 Å². The van der Waals surface area contributed by atoms with Crippen LogP contribution in [0.4, 0.5) is 17.1 Å². The molecule has 2 aliphatic rings.